The van der Waals surface area contributed by atoms with Crippen molar-refractivity contribution in [3.63, 3.8) is 0 Å². The van der Waals surface area contributed by atoms with Gasteiger partial charge in [0.1, 0.15) is 5.15 Å². The molecule has 2 rings (SSSR count). The van der Waals surface area contributed by atoms with Crippen LogP contribution in [0.5, 0.6) is 0 Å². The van der Waals surface area contributed by atoms with Crippen molar-refractivity contribution < 1.29 is 0 Å². The van der Waals surface area contributed by atoms with Crippen LogP contribution in [0.15, 0.2) is 30.5 Å². The number of benzene rings is 1. The fourth-order valence-electron chi connectivity index (χ4n) is 1.51. The molecule has 0 amide bonds. The molecule has 2 aromatic rings. The van der Waals surface area contributed by atoms with Crippen molar-refractivity contribution in [1.82, 2.24) is 4.98 Å². The fourth-order valence-corrected chi connectivity index (χ4v) is 2.26. The van der Waals surface area contributed by atoms with Crippen molar-refractivity contribution >= 4 is 40.5 Å². The van der Waals surface area contributed by atoms with Gasteiger partial charge < -0.3 is 5.73 Å². The molecule has 17 heavy (non-hydrogen) atoms. The number of pyridine rings is 1. The highest BCUT2D eigenvalue weighted by Gasteiger charge is 2.08. The second-order valence-electron chi connectivity index (χ2n) is 3.63. The van der Waals surface area contributed by atoms with Gasteiger partial charge in [-0.25, -0.2) is 4.98 Å². The summed E-state index contributed by atoms with van der Waals surface area (Å²) >= 11 is 17.9. The first-order valence-electron chi connectivity index (χ1n) is 4.90. The molecular formula is C12H9Cl3N2. The first kappa shape index (κ1) is 12.5. The summed E-state index contributed by atoms with van der Waals surface area (Å²) in [6.07, 6.45) is 2.30. The Morgan fingerprint density at radius 2 is 1.71 bits per heavy atom. The Hall–Kier alpha value is -0.960. The number of halogens is 3. The van der Waals surface area contributed by atoms with Gasteiger partial charge in [0.25, 0.3) is 0 Å². The average molecular weight is 288 g/mol. The number of nitrogens with zero attached hydrogens (tertiary/aromatic N) is 1. The maximum absolute atomic E-state index is 6.11. The minimum Gasteiger partial charge on any atom is -0.399 e. The maximum Gasteiger partial charge on any atom is 0.129 e. The molecule has 0 spiro atoms. The quantitative estimate of drug-likeness (QED) is 0.663. The van der Waals surface area contributed by atoms with Crippen molar-refractivity contribution in [2.75, 3.05) is 5.73 Å². The lowest BCUT2D eigenvalue weighted by Crippen LogP contribution is -1.94. The standard InChI is InChI=1S/C12H9Cl3N2/c13-10-4-8(16)5-11(14)9(10)3-7-1-2-12(15)17-6-7/h1-2,4-6H,3,16H2. The molecule has 0 aliphatic rings. The summed E-state index contributed by atoms with van der Waals surface area (Å²) in [5.74, 6) is 0. The Bertz CT molecular complexity index is 515. The van der Waals surface area contributed by atoms with E-state index in [0.29, 0.717) is 27.3 Å². The van der Waals surface area contributed by atoms with Crippen LogP contribution in [0.1, 0.15) is 11.1 Å². The number of hydrogen-bond acceptors (Lipinski definition) is 2. The minimum absolute atomic E-state index is 0.461. The van der Waals surface area contributed by atoms with Crippen LogP contribution in [-0.4, -0.2) is 4.98 Å². The lowest BCUT2D eigenvalue weighted by molar-refractivity contribution is 1.15. The van der Waals surface area contributed by atoms with Crippen molar-refractivity contribution in [2.24, 2.45) is 0 Å². The van der Waals surface area contributed by atoms with Gasteiger partial charge in [-0.1, -0.05) is 40.9 Å². The van der Waals surface area contributed by atoms with Gasteiger partial charge >= 0.3 is 0 Å². The summed E-state index contributed by atoms with van der Waals surface area (Å²) in [6, 6.07) is 6.99. The van der Waals surface area contributed by atoms with Crippen molar-refractivity contribution in [3.05, 3.63) is 56.8 Å². The van der Waals surface area contributed by atoms with E-state index in [1.54, 1.807) is 24.4 Å². The normalized spacial score (nSPS) is 10.5. The van der Waals surface area contributed by atoms with E-state index in [-0.39, 0.29) is 0 Å². The molecule has 0 saturated heterocycles. The molecule has 0 bridgehead atoms. The van der Waals surface area contributed by atoms with E-state index < -0.39 is 0 Å². The zero-order valence-electron chi connectivity index (χ0n) is 8.75. The van der Waals surface area contributed by atoms with Gasteiger partial charge in [-0.3, -0.25) is 0 Å². The van der Waals surface area contributed by atoms with Crippen molar-refractivity contribution in [3.8, 4) is 0 Å². The molecule has 0 aliphatic carbocycles. The van der Waals surface area contributed by atoms with E-state index in [0.717, 1.165) is 11.1 Å². The number of nitrogens with two attached hydrogens (primary N) is 1. The van der Waals surface area contributed by atoms with Crippen molar-refractivity contribution in [2.45, 2.75) is 6.42 Å². The van der Waals surface area contributed by atoms with E-state index in [1.165, 1.54) is 0 Å². The molecule has 88 valence electrons. The molecule has 0 saturated carbocycles. The minimum atomic E-state index is 0.461. The first-order chi connectivity index (χ1) is 8.06. The van der Waals surface area contributed by atoms with Crippen LogP contribution in [0.25, 0.3) is 0 Å². The molecule has 0 radical (unpaired) electrons. The molecule has 1 aromatic carbocycles. The van der Waals surface area contributed by atoms with Crippen LogP contribution in [0, 0.1) is 0 Å². The smallest absolute Gasteiger partial charge is 0.129 e. The molecule has 5 heteroatoms. The highest BCUT2D eigenvalue weighted by atomic mass is 35.5. The predicted octanol–water partition coefficient (Wildman–Crippen LogP) is 4.21. The van der Waals surface area contributed by atoms with Gasteiger partial charge in [-0.2, -0.15) is 0 Å². The first-order valence-corrected chi connectivity index (χ1v) is 6.03. The molecule has 1 aromatic heterocycles. The number of nitrogen functional groups attached to an aromatic ring is 1. The van der Waals surface area contributed by atoms with E-state index in [2.05, 4.69) is 4.98 Å². The Kier molecular flexibility index (Phi) is 3.77. The van der Waals surface area contributed by atoms with Crippen LogP contribution >= 0.6 is 34.8 Å². The molecular weight excluding hydrogens is 279 g/mol. The molecule has 2 nitrogen and oxygen atoms in total. The summed E-state index contributed by atoms with van der Waals surface area (Å²) in [6.45, 7) is 0. The summed E-state index contributed by atoms with van der Waals surface area (Å²) in [5.41, 5.74) is 8.02. The zero-order chi connectivity index (χ0) is 12.4. The molecule has 0 aliphatic heterocycles. The van der Waals surface area contributed by atoms with Gasteiger partial charge in [0.15, 0.2) is 0 Å². The largest absolute Gasteiger partial charge is 0.399 e. The highest BCUT2D eigenvalue weighted by molar-refractivity contribution is 6.36. The SMILES string of the molecule is Nc1cc(Cl)c(Cc2ccc(Cl)nc2)c(Cl)c1. The third-order valence-electron chi connectivity index (χ3n) is 2.33. The second kappa shape index (κ2) is 5.13. The third kappa shape index (κ3) is 3.03. The lowest BCUT2D eigenvalue weighted by Gasteiger charge is -2.08. The third-order valence-corrected chi connectivity index (χ3v) is 3.23. The van der Waals surface area contributed by atoms with Crippen LogP contribution in [0.4, 0.5) is 5.69 Å². The predicted molar refractivity (Wildman–Crippen MR) is 72.9 cm³/mol. The number of anilines is 1. The van der Waals surface area contributed by atoms with Crippen LogP contribution in [0.3, 0.4) is 0 Å². The molecule has 0 unspecified atom stereocenters. The van der Waals surface area contributed by atoms with Crippen LogP contribution < -0.4 is 5.73 Å². The van der Waals surface area contributed by atoms with Gasteiger partial charge in [-0.15, -0.1) is 0 Å². The topological polar surface area (TPSA) is 38.9 Å². The summed E-state index contributed by atoms with van der Waals surface area (Å²) < 4.78 is 0. The number of aromatic nitrogens is 1. The lowest BCUT2D eigenvalue weighted by atomic mass is 10.1. The van der Waals surface area contributed by atoms with Crippen LogP contribution in [-0.2, 0) is 6.42 Å². The highest BCUT2D eigenvalue weighted by Crippen LogP contribution is 2.29. The number of rotatable bonds is 2. The van der Waals surface area contributed by atoms with E-state index in [1.807, 2.05) is 6.07 Å². The summed E-state index contributed by atoms with van der Waals surface area (Å²) in [4.78, 5) is 4.01. The Morgan fingerprint density at radius 3 is 2.24 bits per heavy atom. The second-order valence-corrected chi connectivity index (χ2v) is 4.83. The van der Waals surface area contributed by atoms with E-state index in [4.69, 9.17) is 40.5 Å². The summed E-state index contributed by atoms with van der Waals surface area (Å²) in [5, 5.41) is 1.58. The molecule has 2 N–H and O–H groups in total. The number of hydrogen-bond donors (Lipinski definition) is 1. The van der Waals surface area contributed by atoms with Gasteiger partial charge in [0, 0.05) is 28.4 Å². The molecule has 1 heterocycles. The molecule has 0 atom stereocenters. The van der Waals surface area contributed by atoms with Gasteiger partial charge in [0.2, 0.25) is 0 Å². The Labute approximate surface area is 114 Å². The summed E-state index contributed by atoms with van der Waals surface area (Å²) in [7, 11) is 0. The average Bonchev–Trinajstić information content (AvgIpc) is 2.26. The fraction of sp³-hybridized carbons (Fsp3) is 0.0833. The molecule has 0 fully saturated rings. The van der Waals surface area contributed by atoms with Crippen LogP contribution in [0.2, 0.25) is 15.2 Å². The monoisotopic (exact) mass is 286 g/mol. The van der Waals surface area contributed by atoms with Gasteiger partial charge in [-0.05, 0) is 29.3 Å². The van der Waals surface area contributed by atoms with Gasteiger partial charge in [0.05, 0.1) is 0 Å². The Balaban J connectivity index is 2.33. The van der Waals surface area contributed by atoms with E-state index >= 15 is 0 Å². The Morgan fingerprint density at radius 1 is 1.06 bits per heavy atom. The zero-order valence-corrected chi connectivity index (χ0v) is 11.0. The maximum atomic E-state index is 6.11. The van der Waals surface area contributed by atoms with E-state index in [9.17, 15) is 0 Å². The van der Waals surface area contributed by atoms with Crippen molar-refractivity contribution in [1.29, 1.82) is 0 Å².